The molecule has 0 saturated carbocycles. The molecule has 0 aliphatic carbocycles. The molecule has 2 atom stereocenters. The number of hydrogen-bond acceptors (Lipinski definition) is 4. The van der Waals surface area contributed by atoms with Crippen molar-refractivity contribution >= 4 is 27.5 Å². The van der Waals surface area contributed by atoms with Crippen molar-refractivity contribution < 1.29 is 14.5 Å². The molecule has 0 spiro atoms. The van der Waals surface area contributed by atoms with Gasteiger partial charge in [-0.2, -0.15) is 0 Å². The molecule has 1 heterocycles. The molecule has 1 fully saturated rings. The molecule has 0 bridgehead atoms. The molecule has 1 N–H and O–H groups in total. The zero-order valence-electron chi connectivity index (χ0n) is 11.0. The van der Waals surface area contributed by atoms with E-state index < -0.39 is 4.92 Å². The summed E-state index contributed by atoms with van der Waals surface area (Å²) in [6.07, 6.45) is 1.61. The van der Waals surface area contributed by atoms with Gasteiger partial charge in [0.05, 0.1) is 16.6 Å². The van der Waals surface area contributed by atoms with Crippen molar-refractivity contribution in [3.05, 3.63) is 38.3 Å². The van der Waals surface area contributed by atoms with Crippen LogP contribution in [0.15, 0.2) is 22.7 Å². The highest BCUT2D eigenvalue weighted by Crippen LogP contribution is 2.23. The number of amides is 1. The number of benzene rings is 1. The number of nitrogens with one attached hydrogen (secondary N) is 1. The van der Waals surface area contributed by atoms with Crippen LogP contribution in [0.1, 0.15) is 30.1 Å². The molecule has 1 aromatic rings. The lowest BCUT2D eigenvalue weighted by atomic mass is 10.0. The van der Waals surface area contributed by atoms with Gasteiger partial charge in [-0.3, -0.25) is 14.9 Å². The van der Waals surface area contributed by atoms with E-state index in [1.165, 1.54) is 18.2 Å². The van der Waals surface area contributed by atoms with Gasteiger partial charge in [-0.1, -0.05) is 0 Å². The Morgan fingerprint density at radius 3 is 2.95 bits per heavy atom. The molecule has 7 heteroatoms. The van der Waals surface area contributed by atoms with E-state index in [1.807, 2.05) is 6.92 Å². The second-order valence-electron chi connectivity index (χ2n) is 4.80. The molecule has 20 heavy (non-hydrogen) atoms. The van der Waals surface area contributed by atoms with E-state index in [-0.39, 0.29) is 29.3 Å². The van der Waals surface area contributed by atoms with Gasteiger partial charge >= 0.3 is 0 Å². The smallest absolute Gasteiger partial charge is 0.270 e. The molecule has 0 aromatic heterocycles. The maximum atomic E-state index is 12.2. The number of non-ortho nitro benzene ring substituents is 1. The monoisotopic (exact) mass is 342 g/mol. The van der Waals surface area contributed by atoms with Gasteiger partial charge < -0.3 is 10.1 Å². The van der Waals surface area contributed by atoms with Crippen LogP contribution in [0.2, 0.25) is 0 Å². The van der Waals surface area contributed by atoms with Gasteiger partial charge in [0.1, 0.15) is 0 Å². The number of nitro benzene ring substituents is 1. The molecular formula is C13H15BrN2O4. The molecule has 6 nitrogen and oxygen atoms in total. The van der Waals surface area contributed by atoms with Crippen LogP contribution in [0.4, 0.5) is 5.69 Å². The Bertz CT molecular complexity index is 535. The first-order chi connectivity index (χ1) is 9.47. The quantitative estimate of drug-likeness (QED) is 0.676. The topological polar surface area (TPSA) is 81.5 Å². The summed E-state index contributed by atoms with van der Waals surface area (Å²) in [6, 6.07) is 4.19. The van der Waals surface area contributed by atoms with Gasteiger partial charge in [0, 0.05) is 29.3 Å². The number of rotatable bonds is 3. The predicted octanol–water partition coefficient (Wildman–Crippen LogP) is 2.65. The number of carbonyl (C=O) groups is 1. The third kappa shape index (κ3) is 3.55. The van der Waals surface area contributed by atoms with Crippen molar-refractivity contribution in [1.82, 2.24) is 5.32 Å². The zero-order valence-corrected chi connectivity index (χ0v) is 12.6. The van der Waals surface area contributed by atoms with E-state index in [4.69, 9.17) is 4.74 Å². The molecular weight excluding hydrogens is 328 g/mol. The summed E-state index contributed by atoms with van der Waals surface area (Å²) >= 11 is 3.25. The van der Waals surface area contributed by atoms with Crippen molar-refractivity contribution in [2.45, 2.75) is 31.9 Å². The van der Waals surface area contributed by atoms with Crippen LogP contribution in [0, 0.1) is 10.1 Å². The van der Waals surface area contributed by atoms with Crippen LogP contribution in [-0.2, 0) is 4.74 Å². The predicted molar refractivity (Wildman–Crippen MR) is 76.7 cm³/mol. The van der Waals surface area contributed by atoms with Gasteiger partial charge in [0.2, 0.25) is 0 Å². The fourth-order valence-corrected chi connectivity index (χ4v) is 2.62. The fourth-order valence-electron chi connectivity index (χ4n) is 2.19. The zero-order chi connectivity index (χ0) is 14.7. The van der Waals surface area contributed by atoms with Crippen LogP contribution in [-0.4, -0.2) is 29.6 Å². The van der Waals surface area contributed by atoms with E-state index in [0.29, 0.717) is 11.1 Å². The second-order valence-corrected chi connectivity index (χ2v) is 5.65. The molecule has 1 saturated heterocycles. The van der Waals surface area contributed by atoms with Gasteiger partial charge in [-0.15, -0.1) is 0 Å². The Morgan fingerprint density at radius 1 is 1.55 bits per heavy atom. The van der Waals surface area contributed by atoms with Gasteiger partial charge in [-0.25, -0.2) is 0 Å². The first-order valence-corrected chi connectivity index (χ1v) is 7.13. The number of carbonyl (C=O) groups excluding carboxylic acids is 1. The second kappa shape index (κ2) is 6.32. The molecule has 1 amide bonds. The van der Waals surface area contributed by atoms with E-state index >= 15 is 0 Å². The van der Waals surface area contributed by atoms with E-state index in [9.17, 15) is 14.9 Å². The highest BCUT2D eigenvalue weighted by atomic mass is 79.9. The molecule has 108 valence electrons. The Morgan fingerprint density at radius 2 is 2.30 bits per heavy atom. The summed E-state index contributed by atoms with van der Waals surface area (Å²) in [6.45, 7) is 2.57. The molecule has 0 radical (unpaired) electrons. The summed E-state index contributed by atoms with van der Waals surface area (Å²) in [5.74, 6) is -0.306. The highest BCUT2D eigenvalue weighted by Gasteiger charge is 2.23. The lowest BCUT2D eigenvalue weighted by Crippen LogP contribution is -2.41. The highest BCUT2D eigenvalue weighted by molar-refractivity contribution is 9.10. The third-order valence-electron chi connectivity index (χ3n) is 3.23. The molecule has 2 unspecified atom stereocenters. The molecule has 1 aromatic carbocycles. The summed E-state index contributed by atoms with van der Waals surface area (Å²) in [4.78, 5) is 22.5. The van der Waals surface area contributed by atoms with E-state index in [2.05, 4.69) is 21.2 Å². The van der Waals surface area contributed by atoms with Crippen LogP contribution in [0.25, 0.3) is 0 Å². The molecule has 1 aliphatic heterocycles. The van der Waals surface area contributed by atoms with Gasteiger partial charge in [0.25, 0.3) is 11.6 Å². The molecule has 2 rings (SSSR count). The van der Waals surface area contributed by atoms with Crippen molar-refractivity contribution in [3.8, 4) is 0 Å². The lowest BCUT2D eigenvalue weighted by Gasteiger charge is -2.28. The van der Waals surface area contributed by atoms with Crippen molar-refractivity contribution in [3.63, 3.8) is 0 Å². The maximum Gasteiger partial charge on any atom is 0.270 e. The summed E-state index contributed by atoms with van der Waals surface area (Å²) in [5, 5.41) is 13.7. The van der Waals surface area contributed by atoms with Crippen LogP contribution in [0.3, 0.4) is 0 Å². The van der Waals surface area contributed by atoms with Crippen LogP contribution < -0.4 is 5.32 Å². The van der Waals surface area contributed by atoms with Gasteiger partial charge in [-0.05, 0) is 41.8 Å². The largest absolute Gasteiger partial charge is 0.378 e. The van der Waals surface area contributed by atoms with Crippen molar-refractivity contribution in [2.75, 3.05) is 6.61 Å². The first-order valence-electron chi connectivity index (χ1n) is 6.34. The first kappa shape index (κ1) is 14.9. The Hall–Kier alpha value is -1.47. The SMILES string of the molecule is CC1CC(NC(=O)c2cc([N+](=O)[O-])ccc2Br)CCO1. The van der Waals surface area contributed by atoms with E-state index in [0.717, 1.165) is 12.8 Å². The molecule has 1 aliphatic rings. The minimum atomic E-state index is -0.514. The van der Waals surface area contributed by atoms with Crippen molar-refractivity contribution in [2.24, 2.45) is 0 Å². The summed E-state index contributed by atoms with van der Waals surface area (Å²) < 4.78 is 5.96. The van der Waals surface area contributed by atoms with Crippen LogP contribution in [0.5, 0.6) is 0 Å². The maximum absolute atomic E-state index is 12.2. The summed E-state index contributed by atoms with van der Waals surface area (Å²) in [5.41, 5.74) is 0.178. The Kier molecular flexibility index (Phi) is 4.72. The number of nitro groups is 1. The fraction of sp³-hybridized carbons (Fsp3) is 0.462. The minimum Gasteiger partial charge on any atom is -0.378 e. The number of hydrogen-bond donors (Lipinski definition) is 1. The van der Waals surface area contributed by atoms with E-state index in [1.54, 1.807) is 0 Å². The van der Waals surface area contributed by atoms with Crippen molar-refractivity contribution in [1.29, 1.82) is 0 Å². The Labute approximate surface area is 124 Å². The number of nitrogens with zero attached hydrogens (tertiary/aromatic N) is 1. The normalized spacial score (nSPS) is 22.3. The average Bonchev–Trinajstić information content (AvgIpc) is 2.38. The summed E-state index contributed by atoms with van der Waals surface area (Å²) in [7, 11) is 0. The Balaban J connectivity index is 2.12. The van der Waals surface area contributed by atoms with Gasteiger partial charge in [0.15, 0.2) is 0 Å². The third-order valence-corrected chi connectivity index (χ3v) is 3.92. The lowest BCUT2D eigenvalue weighted by molar-refractivity contribution is -0.384. The number of ether oxygens (including phenoxy) is 1. The number of halogens is 1. The average molecular weight is 343 g/mol. The standard InChI is InChI=1S/C13H15BrN2O4/c1-8-6-9(4-5-20-8)15-13(17)11-7-10(16(18)19)2-3-12(11)14/h2-3,7-9H,4-6H2,1H3,(H,15,17). The van der Waals surface area contributed by atoms with Crippen LogP contribution >= 0.6 is 15.9 Å². The minimum absolute atomic E-state index is 0.0393.